The zero-order valence-electron chi connectivity index (χ0n) is 18.1. The van der Waals surface area contributed by atoms with Gasteiger partial charge in [-0.15, -0.1) is 34.2 Å². The third-order valence-electron chi connectivity index (χ3n) is 6.04. The lowest BCUT2D eigenvalue weighted by Gasteiger charge is -2.34. The lowest BCUT2D eigenvalue weighted by atomic mass is 9.99. The van der Waals surface area contributed by atoms with Crippen LogP contribution in [-0.2, 0) is 13.0 Å². The Balaban J connectivity index is 0.00000256. The topological polar surface area (TPSA) is 83.3 Å². The van der Waals surface area contributed by atoms with E-state index in [0.717, 1.165) is 81.0 Å². The minimum absolute atomic E-state index is 0. The summed E-state index contributed by atoms with van der Waals surface area (Å²) in [6, 6.07) is 6.68. The van der Waals surface area contributed by atoms with Gasteiger partial charge in [-0.1, -0.05) is 6.07 Å². The van der Waals surface area contributed by atoms with Crippen LogP contribution < -0.4 is 15.5 Å². The van der Waals surface area contributed by atoms with E-state index in [1.54, 1.807) is 0 Å². The summed E-state index contributed by atoms with van der Waals surface area (Å²) in [6.45, 7) is 8.02. The highest BCUT2D eigenvalue weighted by atomic mass is 127. The predicted octanol–water partition coefficient (Wildman–Crippen LogP) is 2.30. The third kappa shape index (κ3) is 5.41. The first-order valence-electron chi connectivity index (χ1n) is 10.7. The molecule has 0 spiro atoms. The van der Waals surface area contributed by atoms with E-state index in [1.807, 2.05) is 27.0 Å². The van der Waals surface area contributed by atoms with Crippen molar-refractivity contribution in [2.45, 2.75) is 52.1 Å². The lowest BCUT2D eigenvalue weighted by Crippen LogP contribution is -2.50. The maximum Gasteiger partial charge on any atom is 0.191 e. The SMILES string of the molecule is CN=C(NCC1CCc2nnc(C)n2C1)NC1CCN(c2cccc(C)n2)CC1.I. The van der Waals surface area contributed by atoms with Gasteiger partial charge in [0.05, 0.1) is 0 Å². The molecule has 2 N–H and O–H groups in total. The monoisotopic (exact) mass is 524 g/mol. The standard InChI is InChI=1S/C21H32N8.HI/c1-15-5-4-6-19(24-15)28-11-9-18(10-12-28)25-21(22-3)23-13-17-7-8-20-27-26-16(2)29(20)14-17;/h4-6,17-18H,7-14H2,1-3H3,(H2,22,23,25);1H. The summed E-state index contributed by atoms with van der Waals surface area (Å²) >= 11 is 0. The first-order chi connectivity index (χ1) is 14.1. The van der Waals surface area contributed by atoms with Gasteiger partial charge in [-0.3, -0.25) is 4.99 Å². The highest BCUT2D eigenvalue weighted by Crippen LogP contribution is 2.20. The number of piperidine rings is 1. The van der Waals surface area contributed by atoms with Crippen LogP contribution in [-0.4, -0.2) is 58.4 Å². The minimum atomic E-state index is 0. The molecule has 164 valence electrons. The van der Waals surface area contributed by atoms with Gasteiger partial charge in [-0.25, -0.2) is 4.98 Å². The Hall–Kier alpha value is -1.91. The predicted molar refractivity (Wildman–Crippen MR) is 131 cm³/mol. The molecule has 1 unspecified atom stereocenters. The molecular weight excluding hydrogens is 491 g/mol. The molecule has 4 rings (SSSR count). The van der Waals surface area contributed by atoms with Gasteiger partial charge < -0.3 is 20.1 Å². The van der Waals surface area contributed by atoms with Crippen molar-refractivity contribution in [2.75, 3.05) is 31.6 Å². The number of halogens is 1. The van der Waals surface area contributed by atoms with E-state index in [0.29, 0.717) is 12.0 Å². The number of pyridine rings is 1. The number of nitrogens with zero attached hydrogens (tertiary/aromatic N) is 6. The second kappa shape index (κ2) is 10.4. The normalized spacial score (nSPS) is 19.8. The first kappa shape index (κ1) is 22.8. The number of hydrogen-bond donors (Lipinski definition) is 2. The molecule has 1 atom stereocenters. The van der Waals surface area contributed by atoms with Crippen molar-refractivity contribution in [3.63, 3.8) is 0 Å². The summed E-state index contributed by atoms with van der Waals surface area (Å²) < 4.78 is 2.25. The van der Waals surface area contributed by atoms with Crippen LogP contribution >= 0.6 is 24.0 Å². The summed E-state index contributed by atoms with van der Waals surface area (Å²) in [5, 5.41) is 15.6. The summed E-state index contributed by atoms with van der Waals surface area (Å²) in [4.78, 5) is 11.5. The Morgan fingerprint density at radius 1 is 1.17 bits per heavy atom. The average molecular weight is 524 g/mol. The Kier molecular flexibility index (Phi) is 7.90. The maximum absolute atomic E-state index is 4.66. The van der Waals surface area contributed by atoms with Gasteiger partial charge in [-0.05, 0) is 51.2 Å². The fraction of sp³-hybridized carbons (Fsp3) is 0.619. The van der Waals surface area contributed by atoms with Gasteiger partial charge in [-0.2, -0.15) is 0 Å². The number of rotatable bonds is 4. The Bertz CT molecular complexity index is 856. The van der Waals surface area contributed by atoms with Crippen molar-refractivity contribution in [1.82, 2.24) is 30.4 Å². The van der Waals surface area contributed by atoms with Crippen molar-refractivity contribution in [3.8, 4) is 0 Å². The minimum Gasteiger partial charge on any atom is -0.356 e. The Labute approximate surface area is 196 Å². The average Bonchev–Trinajstić information content (AvgIpc) is 3.12. The van der Waals surface area contributed by atoms with E-state index in [-0.39, 0.29) is 24.0 Å². The second-order valence-electron chi connectivity index (χ2n) is 8.17. The molecule has 8 nitrogen and oxygen atoms in total. The molecule has 0 amide bonds. The van der Waals surface area contributed by atoms with Gasteiger partial charge in [0.1, 0.15) is 17.5 Å². The fourth-order valence-electron chi connectivity index (χ4n) is 4.28. The van der Waals surface area contributed by atoms with Crippen LogP contribution in [0.1, 0.15) is 36.6 Å². The fourth-order valence-corrected chi connectivity index (χ4v) is 4.28. The van der Waals surface area contributed by atoms with Gasteiger partial charge in [0.2, 0.25) is 0 Å². The zero-order chi connectivity index (χ0) is 20.2. The smallest absolute Gasteiger partial charge is 0.191 e. The number of fused-ring (bicyclic) bond motifs is 1. The van der Waals surface area contributed by atoms with Crippen LogP contribution in [0.5, 0.6) is 0 Å². The molecule has 9 heteroatoms. The molecule has 30 heavy (non-hydrogen) atoms. The van der Waals surface area contributed by atoms with E-state index in [2.05, 4.69) is 52.4 Å². The van der Waals surface area contributed by atoms with Crippen LogP contribution in [0.4, 0.5) is 5.82 Å². The van der Waals surface area contributed by atoms with Crippen LogP contribution in [0.25, 0.3) is 0 Å². The van der Waals surface area contributed by atoms with Gasteiger partial charge >= 0.3 is 0 Å². The number of anilines is 1. The molecule has 0 radical (unpaired) electrons. The number of guanidine groups is 1. The second-order valence-corrected chi connectivity index (χ2v) is 8.17. The van der Waals surface area contributed by atoms with Crippen molar-refractivity contribution < 1.29 is 0 Å². The van der Waals surface area contributed by atoms with Gasteiger partial charge in [0, 0.05) is 51.4 Å². The molecule has 2 aromatic rings. The maximum atomic E-state index is 4.66. The zero-order valence-corrected chi connectivity index (χ0v) is 20.5. The third-order valence-corrected chi connectivity index (χ3v) is 6.04. The van der Waals surface area contributed by atoms with Crippen LogP contribution in [0, 0.1) is 19.8 Å². The van der Waals surface area contributed by atoms with E-state index >= 15 is 0 Å². The molecule has 4 heterocycles. The van der Waals surface area contributed by atoms with E-state index < -0.39 is 0 Å². The first-order valence-corrected chi connectivity index (χ1v) is 10.7. The van der Waals surface area contributed by atoms with Crippen molar-refractivity contribution in [1.29, 1.82) is 0 Å². The number of aliphatic imine (C=N–C) groups is 1. The Morgan fingerprint density at radius 2 is 1.97 bits per heavy atom. The number of nitrogens with one attached hydrogen (secondary N) is 2. The summed E-state index contributed by atoms with van der Waals surface area (Å²) in [5.41, 5.74) is 1.07. The van der Waals surface area contributed by atoms with Gasteiger partial charge in [0.25, 0.3) is 0 Å². The van der Waals surface area contributed by atoms with E-state index in [1.165, 1.54) is 0 Å². The molecule has 2 aliphatic rings. The quantitative estimate of drug-likeness (QED) is 0.363. The largest absolute Gasteiger partial charge is 0.356 e. The molecule has 0 aromatic carbocycles. The summed E-state index contributed by atoms with van der Waals surface area (Å²) in [6.07, 6.45) is 4.32. The van der Waals surface area contributed by atoms with E-state index in [4.69, 9.17) is 0 Å². The molecule has 2 aromatic heterocycles. The molecule has 0 bridgehead atoms. The highest BCUT2D eigenvalue weighted by molar-refractivity contribution is 14.0. The van der Waals surface area contributed by atoms with Gasteiger partial charge in [0.15, 0.2) is 5.96 Å². The Morgan fingerprint density at radius 3 is 2.70 bits per heavy atom. The van der Waals surface area contributed by atoms with Crippen LogP contribution in [0.15, 0.2) is 23.2 Å². The summed E-state index contributed by atoms with van der Waals surface area (Å²) in [5.74, 6) is 4.71. The lowest BCUT2D eigenvalue weighted by molar-refractivity contribution is 0.357. The highest BCUT2D eigenvalue weighted by Gasteiger charge is 2.23. The van der Waals surface area contributed by atoms with Crippen molar-refractivity contribution >= 4 is 35.8 Å². The van der Waals surface area contributed by atoms with Crippen molar-refractivity contribution in [3.05, 3.63) is 35.5 Å². The molecule has 0 aliphatic carbocycles. The molecule has 1 fully saturated rings. The molecule has 2 aliphatic heterocycles. The summed E-state index contributed by atoms with van der Waals surface area (Å²) in [7, 11) is 1.85. The molecule has 0 saturated carbocycles. The molecule has 1 saturated heterocycles. The van der Waals surface area contributed by atoms with Crippen LogP contribution in [0.2, 0.25) is 0 Å². The number of aromatic nitrogens is 4. The molecular formula is C21H33IN8. The van der Waals surface area contributed by atoms with E-state index in [9.17, 15) is 0 Å². The van der Waals surface area contributed by atoms with Crippen LogP contribution in [0.3, 0.4) is 0 Å². The van der Waals surface area contributed by atoms with Crippen molar-refractivity contribution in [2.24, 2.45) is 10.9 Å². The number of hydrogen-bond acceptors (Lipinski definition) is 5. The number of aryl methyl sites for hydroxylation is 3.